The van der Waals surface area contributed by atoms with Gasteiger partial charge in [0.25, 0.3) is 0 Å². The topological polar surface area (TPSA) is 51.4 Å². The lowest BCUT2D eigenvalue weighted by atomic mass is 10.1. The second kappa shape index (κ2) is 10.1. The van der Waals surface area contributed by atoms with Crippen LogP contribution in [0.15, 0.2) is 12.2 Å². The molecule has 0 N–H and O–H groups in total. The van der Waals surface area contributed by atoms with Crippen LogP contribution >= 0.6 is 0 Å². The van der Waals surface area contributed by atoms with Crippen molar-refractivity contribution in [3.63, 3.8) is 0 Å². The van der Waals surface area contributed by atoms with Gasteiger partial charge in [0.2, 0.25) is 0 Å². The molecule has 0 aromatic rings. The molecule has 4 atom stereocenters. The first kappa shape index (κ1) is 18.5. The summed E-state index contributed by atoms with van der Waals surface area (Å²) in [5.41, 5.74) is 0. The van der Waals surface area contributed by atoms with Gasteiger partial charge in [0.05, 0.1) is 31.5 Å². The van der Waals surface area contributed by atoms with Gasteiger partial charge < -0.3 is 14.2 Å². The van der Waals surface area contributed by atoms with Crippen LogP contribution in [0.3, 0.4) is 0 Å². The molecule has 0 aromatic carbocycles. The van der Waals surface area contributed by atoms with E-state index in [9.17, 15) is 4.79 Å². The number of ether oxygens (including phenoxy) is 3. The lowest BCUT2D eigenvalue weighted by Crippen LogP contribution is -1.99. The molecule has 2 aliphatic rings. The van der Waals surface area contributed by atoms with Crippen LogP contribution in [0, 0.1) is 0 Å². The summed E-state index contributed by atoms with van der Waals surface area (Å²) < 4.78 is 15.9. The first-order valence-corrected chi connectivity index (χ1v) is 9.27. The number of carbonyl (C=O) groups is 1. The highest BCUT2D eigenvalue weighted by Crippen LogP contribution is 2.31. The Bertz CT molecular complexity index is 380. The first-order valence-electron chi connectivity index (χ1n) is 9.27. The standard InChI is InChI=1S/C19H32O4/c1-3-15-16(22-15)12-9-10-13-18-17(23-18)11-7-5-4-6-8-14-19(20)21-2/h9-10,15-18H,3-8,11-14H2,1-2H3/b10-9-. The lowest BCUT2D eigenvalue weighted by Gasteiger charge is -2.00. The van der Waals surface area contributed by atoms with Gasteiger partial charge in [-0.3, -0.25) is 4.79 Å². The molecule has 4 nitrogen and oxygen atoms in total. The molecule has 132 valence electrons. The monoisotopic (exact) mass is 324 g/mol. The Kier molecular flexibility index (Phi) is 8.10. The minimum absolute atomic E-state index is 0.0919. The number of carbonyl (C=O) groups excluding carboxylic acids is 1. The van der Waals surface area contributed by atoms with Gasteiger partial charge in [0.15, 0.2) is 0 Å². The lowest BCUT2D eigenvalue weighted by molar-refractivity contribution is -0.140. The Morgan fingerprint density at radius 2 is 1.52 bits per heavy atom. The largest absolute Gasteiger partial charge is 0.469 e. The minimum Gasteiger partial charge on any atom is -0.469 e. The molecular formula is C19H32O4. The van der Waals surface area contributed by atoms with Crippen molar-refractivity contribution >= 4 is 5.97 Å². The maximum Gasteiger partial charge on any atom is 0.305 e. The van der Waals surface area contributed by atoms with E-state index in [1.807, 2.05) is 0 Å². The summed E-state index contributed by atoms with van der Waals surface area (Å²) in [6.45, 7) is 2.18. The van der Waals surface area contributed by atoms with E-state index >= 15 is 0 Å². The molecule has 0 amide bonds. The summed E-state index contributed by atoms with van der Waals surface area (Å²) >= 11 is 0. The number of esters is 1. The van der Waals surface area contributed by atoms with E-state index in [0.717, 1.165) is 32.1 Å². The van der Waals surface area contributed by atoms with Gasteiger partial charge in [0.1, 0.15) is 0 Å². The Labute approximate surface area is 140 Å². The molecule has 0 bridgehead atoms. The summed E-state index contributed by atoms with van der Waals surface area (Å²) in [6.07, 6.45) is 17.1. The van der Waals surface area contributed by atoms with Crippen molar-refractivity contribution in [2.24, 2.45) is 0 Å². The van der Waals surface area contributed by atoms with Gasteiger partial charge in [0, 0.05) is 6.42 Å². The van der Waals surface area contributed by atoms with Gasteiger partial charge in [-0.25, -0.2) is 0 Å². The Balaban J connectivity index is 1.35. The third-order valence-corrected chi connectivity index (χ3v) is 4.78. The van der Waals surface area contributed by atoms with E-state index in [0.29, 0.717) is 30.8 Å². The molecule has 0 aromatic heterocycles. The van der Waals surface area contributed by atoms with Crippen molar-refractivity contribution in [3.05, 3.63) is 12.2 Å². The maximum atomic E-state index is 11.0. The van der Waals surface area contributed by atoms with E-state index in [4.69, 9.17) is 9.47 Å². The summed E-state index contributed by atoms with van der Waals surface area (Å²) in [5.74, 6) is -0.0919. The zero-order valence-corrected chi connectivity index (χ0v) is 14.7. The Morgan fingerprint density at radius 1 is 0.913 bits per heavy atom. The van der Waals surface area contributed by atoms with Gasteiger partial charge in [-0.05, 0) is 32.1 Å². The van der Waals surface area contributed by atoms with Crippen LogP contribution in [0.5, 0.6) is 0 Å². The summed E-state index contributed by atoms with van der Waals surface area (Å²) in [4.78, 5) is 11.0. The third kappa shape index (κ3) is 7.49. The second-order valence-corrected chi connectivity index (χ2v) is 6.66. The molecule has 23 heavy (non-hydrogen) atoms. The summed E-state index contributed by atoms with van der Waals surface area (Å²) in [7, 11) is 1.45. The molecular weight excluding hydrogens is 292 g/mol. The van der Waals surface area contributed by atoms with Crippen LogP contribution in [-0.4, -0.2) is 37.5 Å². The number of unbranched alkanes of at least 4 members (excludes halogenated alkanes) is 4. The zero-order valence-electron chi connectivity index (χ0n) is 14.7. The normalized spacial score (nSPS) is 29.0. The van der Waals surface area contributed by atoms with Crippen LogP contribution in [0.4, 0.5) is 0 Å². The van der Waals surface area contributed by atoms with Crippen LogP contribution in [0.1, 0.15) is 71.1 Å². The minimum atomic E-state index is -0.0919. The molecule has 2 saturated heterocycles. The first-order chi connectivity index (χ1) is 11.2. The van der Waals surface area contributed by atoms with Crippen molar-refractivity contribution in [1.29, 1.82) is 0 Å². The van der Waals surface area contributed by atoms with Crippen molar-refractivity contribution in [2.75, 3.05) is 7.11 Å². The van der Waals surface area contributed by atoms with Gasteiger partial charge in [-0.2, -0.15) is 0 Å². The van der Waals surface area contributed by atoms with Gasteiger partial charge in [-0.15, -0.1) is 0 Å². The van der Waals surface area contributed by atoms with Crippen LogP contribution in [0.25, 0.3) is 0 Å². The fraction of sp³-hybridized carbons (Fsp3) is 0.842. The molecule has 4 heteroatoms. The molecule has 0 spiro atoms. The number of rotatable bonds is 13. The Morgan fingerprint density at radius 3 is 2.17 bits per heavy atom. The van der Waals surface area contributed by atoms with Gasteiger partial charge >= 0.3 is 5.97 Å². The molecule has 2 heterocycles. The fourth-order valence-electron chi connectivity index (χ4n) is 3.09. The highest BCUT2D eigenvalue weighted by Gasteiger charge is 2.37. The Hall–Kier alpha value is -0.870. The fourth-order valence-corrected chi connectivity index (χ4v) is 3.09. The second-order valence-electron chi connectivity index (χ2n) is 6.66. The molecule has 4 unspecified atom stereocenters. The van der Waals surface area contributed by atoms with E-state index < -0.39 is 0 Å². The van der Waals surface area contributed by atoms with Crippen molar-refractivity contribution in [2.45, 2.75) is 95.5 Å². The SMILES string of the molecule is CCC1OC1C/C=C\CC1OC1CCCCCCCC(=O)OC. The highest BCUT2D eigenvalue weighted by atomic mass is 16.6. The van der Waals surface area contributed by atoms with Crippen molar-refractivity contribution in [1.82, 2.24) is 0 Å². The third-order valence-electron chi connectivity index (χ3n) is 4.78. The molecule has 0 saturated carbocycles. The molecule has 2 fully saturated rings. The van der Waals surface area contributed by atoms with E-state index in [-0.39, 0.29) is 5.97 Å². The number of methoxy groups -OCH3 is 1. The number of hydrogen-bond acceptors (Lipinski definition) is 4. The summed E-state index contributed by atoms with van der Waals surface area (Å²) in [6, 6.07) is 0. The molecule has 0 aliphatic carbocycles. The maximum absolute atomic E-state index is 11.0. The molecule has 2 rings (SSSR count). The molecule has 0 radical (unpaired) electrons. The average molecular weight is 324 g/mol. The van der Waals surface area contributed by atoms with E-state index in [1.54, 1.807) is 0 Å². The van der Waals surface area contributed by atoms with Crippen molar-refractivity contribution in [3.8, 4) is 0 Å². The quantitative estimate of drug-likeness (QED) is 0.221. The van der Waals surface area contributed by atoms with E-state index in [2.05, 4.69) is 23.8 Å². The van der Waals surface area contributed by atoms with Crippen molar-refractivity contribution < 1.29 is 19.0 Å². The smallest absolute Gasteiger partial charge is 0.305 e. The zero-order chi connectivity index (χ0) is 16.5. The number of hydrogen-bond donors (Lipinski definition) is 0. The number of epoxide rings is 2. The predicted octanol–water partition coefficient (Wildman–Crippen LogP) is 4.17. The highest BCUT2D eigenvalue weighted by molar-refractivity contribution is 5.68. The summed E-state index contributed by atoms with van der Waals surface area (Å²) in [5, 5.41) is 0. The van der Waals surface area contributed by atoms with Gasteiger partial charge in [-0.1, -0.05) is 44.8 Å². The van der Waals surface area contributed by atoms with Crippen LogP contribution in [-0.2, 0) is 19.0 Å². The predicted molar refractivity (Wildman–Crippen MR) is 90.3 cm³/mol. The molecule has 2 aliphatic heterocycles. The van der Waals surface area contributed by atoms with E-state index in [1.165, 1.54) is 32.8 Å². The average Bonchev–Trinajstić information content (AvgIpc) is 3.46. The van der Waals surface area contributed by atoms with Crippen LogP contribution < -0.4 is 0 Å². The van der Waals surface area contributed by atoms with Crippen LogP contribution in [0.2, 0.25) is 0 Å².